The van der Waals surface area contributed by atoms with E-state index in [2.05, 4.69) is 31.0 Å². The van der Waals surface area contributed by atoms with Crippen molar-refractivity contribution in [1.29, 1.82) is 0 Å². The Labute approximate surface area is 120 Å². The van der Waals surface area contributed by atoms with E-state index < -0.39 is 0 Å². The van der Waals surface area contributed by atoms with Crippen LogP contribution in [0.1, 0.15) is 65.7 Å². The van der Waals surface area contributed by atoms with Crippen LogP contribution in [-0.2, 0) is 0 Å². The fourth-order valence-electron chi connectivity index (χ4n) is 4.05. The van der Waals surface area contributed by atoms with Gasteiger partial charge in [0.05, 0.1) is 0 Å². The van der Waals surface area contributed by atoms with Crippen molar-refractivity contribution >= 4 is 0 Å². The van der Waals surface area contributed by atoms with E-state index in [1.165, 1.54) is 64.6 Å². The predicted molar refractivity (Wildman–Crippen MR) is 83.5 cm³/mol. The van der Waals surface area contributed by atoms with E-state index in [-0.39, 0.29) is 0 Å². The maximum Gasteiger partial charge on any atom is 0.0249 e. The van der Waals surface area contributed by atoms with Gasteiger partial charge in [-0.3, -0.25) is 4.90 Å². The monoisotopic (exact) mass is 266 g/mol. The highest BCUT2D eigenvalue weighted by atomic mass is 15.2. The van der Waals surface area contributed by atoms with E-state index in [9.17, 15) is 0 Å². The molecule has 0 radical (unpaired) electrons. The topological polar surface area (TPSA) is 15.3 Å². The van der Waals surface area contributed by atoms with Crippen LogP contribution in [0.3, 0.4) is 0 Å². The number of rotatable bonds is 5. The number of nitrogens with zero attached hydrogens (tertiary/aromatic N) is 1. The average Bonchev–Trinajstić information content (AvgIpc) is 2.47. The summed E-state index contributed by atoms with van der Waals surface area (Å²) in [5.41, 5.74) is 0. The van der Waals surface area contributed by atoms with Crippen molar-refractivity contribution in [2.45, 2.75) is 77.8 Å². The van der Waals surface area contributed by atoms with Crippen LogP contribution in [0.4, 0.5) is 0 Å². The summed E-state index contributed by atoms with van der Waals surface area (Å²) >= 11 is 0. The molecule has 2 rings (SSSR count). The lowest BCUT2D eigenvalue weighted by Crippen LogP contribution is -2.60. The SMILES string of the molecule is CCCN1CC(C(C)CC)NCC1C1CCCCC1. The Bertz CT molecular complexity index is 248. The van der Waals surface area contributed by atoms with Gasteiger partial charge in [0.2, 0.25) is 0 Å². The van der Waals surface area contributed by atoms with Crippen molar-refractivity contribution < 1.29 is 0 Å². The molecule has 0 aromatic heterocycles. The molecule has 0 amide bonds. The molecule has 2 aliphatic rings. The molecule has 0 aromatic carbocycles. The molecular formula is C17H34N2. The van der Waals surface area contributed by atoms with E-state index in [1.807, 2.05) is 0 Å². The molecule has 0 aromatic rings. The molecule has 1 saturated heterocycles. The number of hydrogen-bond acceptors (Lipinski definition) is 2. The number of nitrogens with one attached hydrogen (secondary N) is 1. The Balaban J connectivity index is 1.95. The molecule has 19 heavy (non-hydrogen) atoms. The van der Waals surface area contributed by atoms with E-state index in [4.69, 9.17) is 0 Å². The molecule has 1 saturated carbocycles. The second-order valence-electron chi connectivity index (χ2n) is 6.86. The minimum Gasteiger partial charge on any atom is -0.311 e. The first-order valence-corrected chi connectivity index (χ1v) is 8.73. The molecule has 1 heterocycles. The molecule has 1 N–H and O–H groups in total. The van der Waals surface area contributed by atoms with E-state index in [0.717, 1.165) is 23.9 Å². The van der Waals surface area contributed by atoms with Gasteiger partial charge in [-0.05, 0) is 37.6 Å². The van der Waals surface area contributed by atoms with Crippen molar-refractivity contribution in [3.63, 3.8) is 0 Å². The molecule has 0 bridgehead atoms. The smallest absolute Gasteiger partial charge is 0.0249 e. The molecule has 2 heteroatoms. The van der Waals surface area contributed by atoms with Crippen LogP contribution in [0.25, 0.3) is 0 Å². The zero-order valence-electron chi connectivity index (χ0n) is 13.3. The Kier molecular flexibility index (Phi) is 6.15. The lowest BCUT2D eigenvalue weighted by molar-refractivity contribution is 0.0592. The molecule has 2 nitrogen and oxygen atoms in total. The number of piperazine rings is 1. The van der Waals surface area contributed by atoms with Crippen LogP contribution in [0.2, 0.25) is 0 Å². The summed E-state index contributed by atoms with van der Waals surface area (Å²) in [5.74, 6) is 1.78. The zero-order valence-corrected chi connectivity index (χ0v) is 13.3. The highest BCUT2D eigenvalue weighted by molar-refractivity contribution is 4.92. The third kappa shape index (κ3) is 3.95. The Morgan fingerprint density at radius 3 is 2.53 bits per heavy atom. The highest BCUT2D eigenvalue weighted by Gasteiger charge is 2.34. The van der Waals surface area contributed by atoms with E-state index in [1.54, 1.807) is 0 Å². The molecule has 3 atom stereocenters. The summed E-state index contributed by atoms with van der Waals surface area (Å²) in [6, 6.07) is 1.54. The minimum atomic E-state index is 0.719. The quantitative estimate of drug-likeness (QED) is 0.817. The second-order valence-corrected chi connectivity index (χ2v) is 6.86. The summed E-state index contributed by atoms with van der Waals surface area (Å²) in [5, 5.41) is 3.86. The van der Waals surface area contributed by atoms with Crippen LogP contribution in [0, 0.1) is 11.8 Å². The maximum absolute atomic E-state index is 3.86. The van der Waals surface area contributed by atoms with Crippen molar-refractivity contribution in [1.82, 2.24) is 10.2 Å². The van der Waals surface area contributed by atoms with Gasteiger partial charge in [-0.2, -0.15) is 0 Å². The standard InChI is InChI=1S/C17H34N2/c1-4-11-19-13-16(14(3)5-2)18-12-17(19)15-9-7-6-8-10-15/h14-18H,4-13H2,1-3H3. The molecule has 0 spiro atoms. The Morgan fingerprint density at radius 1 is 1.16 bits per heavy atom. The molecule has 1 aliphatic heterocycles. The van der Waals surface area contributed by atoms with Gasteiger partial charge in [-0.15, -0.1) is 0 Å². The van der Waals surface area contributed by atoms with Crippen LogP contribution < -0.4 is 5.32 Å². The van der Waals surface area contributed by atoms with Crippen molar-refractivity contribution in [2.24, 2.45) is 11.8 Å². The van der Waals surface area contributed by atoms with Gasteiger partial charge >= 0.3 is 0 Å². The lowest BCUT2D eigenvalue weighted by atomic mass is 9.81. The summed E-state index contributed by atoms with van der Waals surface area (Å²) in [7, 11) is 0. The summed E-state index contributed by atoms with van der Waals surface area (Å²) in [4.78, 5) is 2.82. The molecular weight excluding hydrogens is 232 g/mol. The lowest BCUT2D eigenvalue weighted by Gasteiger charge is -2.46. The van der Waals surface area contributed by atoms with Crippen molar-refractivity contribution in [3.05, 3.63) is 0 Å². The van der Waals surface area contributed by atoms with Crippen molar-refractivity contribution in [3.8, 4) is 0 Å². The fourth-order valence-corrected chi connectivity index (χ4v) is 4.05. The third-order valence-corrected chi connectivity index (χ3v) is 5.53. The summed E-state index contributed by atoms with van der Waals surface area (Å²) in [6.07, 6.45) is 9.95. The molecule has 1 aliphatic carbocycles. The van der Waals surface area contributed by atoms with Crippen LogP contribution in [0.15, 0.2) is 0 Å². The van der Waals surface area contributed by atoms with Gasteiger partial charge in [-0.25, -0.2) is 0 Å². The van der Waals surface area contributed by atoms with E-state index in [0.29, 0.717) is 0 Å². The van der Waals surface area contributed by atoms with Gasteiger partial charge < -0.3 is 5.32 Å². The second kappa shape index (κ2) is 7.64. The third-order valence-electron chi connectivity index (χ3n) is 5.53. The Hall–Kier alpha value is -0.0800. The first-order valence-electron chi connectivity index (χ1n) is 8.73. The Morgan fingerprint density at radius 2 is 1.89 bits per heavy atom. The van der Waals surface area contributed by atoms with Gasteiger partial charge in [0, 0.05) is 25.2 Å². The van der Waals surface area contributed by atoms with Crippen LogP contribution in [0.5, 0.6) is 0 Å². The van der Waals surface area contributed by atoms with E-state index >= 15 is 0 Å². The molecule has 3 unspecified atom stereocenters. The zero-order chi connectivity index (χ0) is 13.7. The summed E-state index contributed by atoms with van der Waals surface area (Å²) < 4.78 is 0. The normalized spacial score (nSPS) is 32.4. The van der Waals surface area contributed by atoms with Crippen molar-refractivity contribution in [2.75, 3.05) is 19.6 Å². The van der Waals surface area contributed by atoms with Gasteiger partial charge in [0.25, 0.3) is 0 Å². The predicted octanol–water partition coefficient (Wildman–Crippen LogP) is 3.67. The highest BCUT2D eigenvalue weighted by Crippen LogP contribution is 2.31. The van der Waals surface area contributed by atoms with Crippen LogP contribution in [-0.4, -0.2) is 36.6 Å². The fraction of sp³-hybridized carbons (Fsp3) is 1.00. The average molecular weight is 266 g/mol. The minimum absolute atomic E-state index is 0.719. The van der Waals surface area contributed by atoms with Gasteiger partial charge in [0.1, 0.15) is 0 Å². The van der Waals surface area contributed by atoms with Gasteiger partial charge in [-0.1, -0.05) is 46.5 Å². The van der Waals surface area contributed by atoms with Gasteiger partial charge in [0.15, 0.2) is 0 Å². The number of hydrogen-bond donors (Lipinski definition) is 1. The first kappa shape index (κ1) is 15.3. The molecule has 112 valence electrons. The largest absolute Gasteiger partial charge is 0.311 e. The summed E-state index contributed by atoms with van der Waals surface area (Å²) in [6.45, 7) is 10.9. The van der Waals surface area contributed by atoms with Crippen LogP contribution >= 0.6 is 0 Å². The molecule has 2 fully saturated rings. The maximum atomic E-state index is 3.86. The first-order chi connectivity index (χ1) is 9.26.